The van der Waals surface area contributed by atoms with Crippen molar-refractivity contribution < 1.29 is 5.11 Å². The standard InChI is InChI=1S/C25H28ClN5O/c1-25(2,17-32)21-6-4-10-30(15-21)14-20-9-8-19(12-23(20)26)24-16-31(29-28-24)22-7-3-5-18(11-22)13-27/h3,5,7-9,11-12,16,21,32H,4,6,10,14-15,17H2,1-2H3/t21-/m0/s1. The molecular formula is C25H28ClN5O. The van der Waals surface area contributed by atoms with Crippen LogP contribution in [0.2, 0.25) is 5.02 Å². The van der Waals surface area contributed by atoms with Gasteiger partial charge in [0.2, 0.25) is 0 Å². The van der Waals surface area contributed by atoms with Crippen LogP contribution >= 0.6 is 11.6 Å². The summed E-state index contributed by atoms with van der Waals surface area (Å²) < 4.78 is 1.66. The third-order valence-corrected chi connectivity index (χ3v) is 6.85. The van der Waals surface area contributed by atoms with E-state index in [-0.39, 0.29) is 12.0 Å². The summed E-state index contributed by atoms with van der Waals surface area (Å²) in [6.45, 7) is 7.32. The summed E-state index contributed by atoms with van der Waals surface area (Å²) in [5.74, 6) is 0.480. The van der Waals surface area contributed by atoms with Crippen LogP contribution < -0.4 is 0 Å². The number of rotatable bonds is 6. The lowest BCUT2D eigenvalue weighted by atomic mass is 9.75. The van der Waals surface area contributed by atoms with Crippen LogP contribution in [0.4, 0.5) is 0 Å². The number of hydrogen-bond donors (Lipinski definition) is 1. The van der Waals surface area contributed by atoms with Gasteiger partial charge in [-0.05, 0) is 60.5 Å². The minimum absolute atomic E-state index is 0.0646. The topological polar surface area (TPSA) is 78.0 Å². The van der Waals surface area contributed by atoms with Gasteiger partial charge in [-0.25, -0.2) is 4.68 Å². The van der Waals surface area contributed by atoms with Crippen LogP contribution in [0.15, 0.2) is 48.7 Å². The fourth-order valence-corrected chi connectivity index (χ4v) is 4.52. The third kappa shape index (κ3) is 4.86. The molecule has 0 spiro atoms. The Labute approximate surface area is 194 Å². The molecule has 1 aliphatic rings. The van der Waals surface area contributed by atoms with Crippen molar-refractivity contribution >= 4 is 11.6 Å². The Kier molecular flexibility index (Phi) is 6.61. The van der Waals surface area contributed by atoms with Gasteiger partial charge in [-0.2, -0.15) is 5.26 Å². The zero-order valence-electron chi connectivity index (χ0n) is 18.5. The number of likely N-dealkylation sites (tertiary alicyclic amines) is 1. The number of aromatic nitrogens is 3. The molecule has 0 bridgehead atoms. The number of aliphatic hydroxyl groups excluding tert-OH is 1. The predicted molar refractivity (Wildman–Crippen MR) is 125 cm³/mol. The van der Waals surface area contributed by atoms with E-state index in [1.54, 1.807) is 16.8 Å². The maximum Gasteiger partial charge on any atom is 0.113 e. The van der Waals surface area contributed by atoms with Gasteiger partial charge >= 0.3 is 0 Å². The molecule has 166 valence electrons. The molecule has 2 heterocycles. The summed E-state index contributed by atoms with van der Waals surface area (Å²) in [6.07, 6.45) is 4.14. The molecule has 2 aromatic carbocycles. The quantitative estimate of drug-likeness (QED) is 0.590. The first-order valence-electron chi connectivity index (χ1n) is 10.9. The van der Waals surface area contributed by atoms with Crippen LogP contribution in [0.5, 0.6) is 0 Å². The molecule has 0 saturated carbocycles. The van der Waals surface area contributed by atoms with E-state index < -0.39 is 0 Å². The number of nitrogens with zero attached hydrogens (tertiary/aromatic N) is 5. The zero-order chi connectivity index (χ0) is 22.7. The number of hydrogen-bond acceptors (Lipinski definition) is 5. The summed E-state index contributed by atoms with van der Waals surface area (Å²) in [5.41, 5.74) is 4.02. The summed E-state index contributed by atoms with van der Waals surface area (Å²) in [5, 5.41) is 28.1. The Hall–Kier alpha value is -2.72. The number of piperidine rings is 1. The molecule has 0 radical (unpaired) electrons. The van der Waals surface area contributed by atoms with Crippen molar-refractivity contribution in [1.29, 1.82) is 5.26 Å². The summed E-state index contributed by atoms with van der Waals surface area (Å²) in [4.78, 5) is 2.44. The third-order valence-electron chi connectivity index (χ3n) is 6.49. The van der Waals surface area contributed by atoms with E-state index in [2.05, 4.69) is 41.2 Å². The maximum atomic E-state index is 9.74. The van der Waals surface area contributed by atoms with Gasteiger partial charge in [0.15, 0.2) is 0 Å². The van der Waals surface area contributed by atoms with Gasteiger partial charge in [-0.1, -0.05) is 48.9 Å². The summed E-state index contributed by atoms with van der Waals surface area (Å²) in [7, 11) is 0. The molecule has 32 heavy (non-hydrogen) atoms. The minimum Gasteiger partial charge on any atom is -0.396 e. The molecule has 0 aliphatic carbocycles. The van der Waals surface area contributed by atoms with Crippen LogP contribution in [-0.4, -0.2) is 44.7 Å². The highest BCUT2D eigenvalue weighted by atomic mass is 35.5. The molecule has 0 unspecified atom stereocenters. The number of benzene rings is 2. The highest BCUT2D eigenvalue weighted by Crippen LogP contribution is 2.34. The van der Waals surface area contributed by atoms with E-state index in [1.807, 2.05) is 30.5 Å². The predicted octanol–water partition coefficient (Wildman–Crippen LogP) is 4.69. The van der Waals surface area contributed by atoms with Gasteiger partial charge in [0.05, 0.1) is 23.5 Å². The normalized spacial score (nSPS) is 17.3. The molecular weight excluding hydrogens is 422 g/mol. The zero-order valence-corrected chi connectivity index (χ0v) is 19.3. The smallest absolute Gasteiger partial charge is 0.113 e. The van der Waals surface area contributed by atoms with Crippen molar-refractivity contribution in [2.75, 3.05) is 19.7 Å². The van der Waals surface area contributed by atoms with E-state index in [0.717, 1.165) is 55.0 Å². The van der Waals surface area contributed by atoms with E-state index in [4.69, 9.17) is 16.9 Å². The molecule has 1 aromatic heterocycles. The lowest BCUT2D eigenvalue weighted by Crippen LogP contribution is -2.42. The molecule has 6 nitrogen and oxygen atoms in total. The fraction of sp³-hybridized carbons (Fsp3) is 0.400. The molecule has 1 saturated heterocycles. The van der Waals surface area contributed by atoms with Gasteiger partial charge in [0, 0.05) is 30.3 Å². The lowest BCUT2D eigenvalue weighted by molar-refractivity contribution is 0.0382. The van der Waals surface area contributed by atoms with Gasteiger partial charge in [0.25, 0.3) is 0 Å². The molecule has 1 fully saturated rings. The van der Waals surface area contributed by atoms with Gasteiger partial charge in [0.1, 0.15) is 5.69 Å². The number of nitriles is 1. The first kappa shape index (κ1) is 22.5. The van der Waals surface area contributed by atoms with Crippen LogP contribution in [0.25, 0.3) is 16.9 Å². The van der Waals surface area contributed by atoms with E-state index >= 15 is 0 Å². The van der Waals surface area contributed by atoms with E-state index in [0.29, 0.717) is 16.5 Å². The summed E-state index contributed by atoms with van der Waals surface area (Å²) in [6, 6.07) is 15.4. The Balaban J connectivity index is 1.48. The molecule has 1 aliphatic heterocycles. The number of halogens is 1. The fourth-order valence-electron chi connectivity index (χ4n) is 4.28. The largest absolute Gasteiger partial charge is 0.396 e. The van der Waals surface area contributed by atoms with Crippen molar-refractivity contribution in [1.82, 2.24) is 19.9 Å². The second-order valence-electron chi connectivity index (χ2n) is 9.24. The van der Waals surface area contributed by atoms with Crippen LogP contribution in [0.3, 0.4) is 0 Å². The highest BCUT2D eigenvalue weighted by molar-refractivity contribution is 6.31. The monoisotopic (exact) mass is 449 g/mol. The van der Waals surface area contributed by atoms with Gasteiger partial charge < -0.3 is 5.11 Å². The first-order valence-corrected chi connectivity index (χ1v) is 11.3. The Bertz CT molecular complexity index is 1130. The summed E-state index contributed by atoms with van der Waals surface area (Å²) >= 11 is 6.66. The van der Waals surface area contributed by atoms with Crippen molar-refractivity contribution in [3.05, 3.63) is 64.8 Å². The van der Waals surface area contributed by atoms with Crippen molar-refractivity contribution in [3.8, 4) is 23.0 Å². The Morgan fingerprint density at radius 1 is 1.25 bits per heavy atom. The van der Waals surface area contributed by atoms with Crippen LogP contribution in [0, 0.1) is 22.7 Å². The average molecular weight is 450 g/mol. The molecule has 3 aromatic rings. The molecule has 4 rings (SSSR count). The average Bonchev–Trinajstić information content (AvgIpc) is 3.31. The molecule has 0 amide bonds. The maximum absolute atomic E-state index is 9.74. The Morgan fingerprint density at radius 3 is 2.84 bits per heavy atom. The number of aliphatic hydroxyl groups is 1. The second-order valence-corrected chi connectivity index (χ2v) is 9.64. The molecule has 1 N–H and O–H groups in total. The molecule has 7 heteroatoms. The lowest BCUT2D eigenvalue weighted by Gasteiger charge is -2.40. The first-order chi connectivity index (χ1) is 15.4. The van der Waals surface area contributed by atoms with Crippen molar-refractivity contribution in [2.45, 2.75) is 33.2 Å². The molecule has 1 atom stereocenters. The van der Waals surface area contributed by atoms with Crippen LogP contribution in [0.1, 0.15) is 37.8 Å². The van der Waals surface area contributed by atoms with E-state index in [9.17, 15) is 5.11 Å². The van der Waals surface area contributed by atoms with Crippen molar-refractivity contribution in [3.63, 3.8) is 0 Å². The van der Waals surface area contributed by atoms with Crippen molar-refractivity contribution in [2.24, 2.45) is 11.3 Å². The van der Waals surface area contributed by atoms with Gasteiger partial charge in [-0.15, -0.1) is 5.10 Å². The highest BCUT2D eigenvalue weighted by Gasteiger charge is 2.32. The SMILES string of the molecule is CC(C)(CO)[C@H]1CCCN(Cc2ccc(-c3cn(-c4cccc(C#N)c4)nn3)cc2Cl)C1. The minimum atomic E-state index is -0.0646. The van der Waals surface area contributed by atoms with Gasteiger partial charge in [-0.3, -0.25) is 4.90 Å². The Morgan fingerprint density at radius 2 is 2.09 bits per heavy atom. The second kappa shape index (κ2) is 9.41. The van der Waals surface area contributed by atoms with Crippen LogP contribution in [-0.2, 0) is 6.54 Å². The van der Waals surface area contributed by atoms with E-state index in [1.165, 1.54) is 0 Å².